The van der Waals surface area contributed by atoms with Crippen molar-refractivity contribution in [2.24, 2.45) is 0 Å². The molecule has 3 N–H and O–H groups in total. The number of aromatic nitrogens is 4. The number of likely N-dealkylation sites (N-methyl/N-ethyl adjacent to an activating group) is 1. The van der Waals surface area contributed by atoms with Gasteiger partial charge in [0, 0.05) is 39.5 Å². The first-order chi connectivity index (χ1) is 24.9. The molecule has 0 aliphatic heterocycles. The Hall–Kier alpha value is -4.54. The normalized spacial score (nSPS) is 13.0. The number of amides is 1. The Morgan fingerprint density at radius 3 is 2.56 bits per heavy atom. The van der Waals surface area contributed by atoms with Crippen molar-refractivity contribution in [1.82, 2.24) is 20.1 Å². The molecule has 3 aromatic carbocycles. The Labute approximate surface area is 338 Å². The van der Waals surface area contributed by atoms with Gasteiger partial charge in [-0.25, -0.2) is 23.1 Å². The topological polar surface area (TPSA) is 157 Å². The van der Waals surface area contributed by atoms with Crippen molar-refractivity contribution in [3.05, 3.63) is 118 Å². The van der Waals surface area contributed by atoms with Crippen molar-refractivity contribution in [3.63, 3.8) is 0 Å². The lowest BCUT2D eigenvalue weighted by molar-refractivity contribution is -0.741. The number of H-pyrrole nitrogens is 1. The van der Waals surface area contributed by atoms with Crippen LogP contribution in [-0.4, -0.2) is 64.5 Å². The summed E-state index contributed by atoms with van der Waals surface area (Å²) in [5.74, 6) is -2.95. The maximum Gasteiger partial charge on any atom is 0.411 e. The van der Waals surface area contributed by atoms with E-state index in [1.807, 2.05) is 0 Å². The molecule has 0 aliphatic rings. The van der Waals surface area contributed by atoms with Crippen LogP contribution in [-0.2, 0) is 26.5 Å². The van der Waals surface area contributed by atoms with Gasteiger partial charge in [-0.3, -0.25) is 15.0 Å². The molecule has 2 heterocycles. The van der Waals surface area contributed by atoms with Crippen LogP contribution in [0.5, 0.6) is 0 Å². The third-order valence-electron chi connectivity index (χ3n) is 8.61. The van der Waals surface area contributed by atoms with Gasteiger partial charge < -0.3 is 38.6 Å². The maximum absolute atomic E-state index is 15.7. The molecule has 12 nitrogen and oxygen atoms in total. The predicted molar refractivity (Wildman–Crippen MR) is 195 cm³/mol. The highest BCUT2D eigenvalue weighted by molar-refractivity contribution is 7.10. The molecule has 5 rings (SSSR count). The van der Waals surface area contributed by atoms with Crippen molar-refractivity contribution in [1.29, 1.82) is 5.26 Å². The SMILES string of the molecule is Cc1cccc(COC(=O)CN(C)C)c1NC(=O)OCCC([n+]1cn[nH]c1)[C@@](O)(c1cc(F)ccc1F)[C@H](C)c1nc(-c2ccc(C#N)cc2)cs1.Cl.[I-]. The number of rotatable bonds is 14. The largest absolute Gasteiger partial charge is 1.00 e. The molecular formula is C37H39ClF2IN7O5S. The number of hydrogen-bond donors (Lipinski definition) is 3. The van der Waals surface area contributed by atoms with Gasteiger partial charge in [0.15, 0.2) is 0 Å². The van der Waals surface area contributed by atoms with Crippen molar-refractivity contribution in [2.45, 2.75) is 44.4 Å². The van der Waals surface area contributed by atoms with E-state index in [1.54, 1.807) is 80.7 Å². The molecule has 286 valence electrons. The third kappa shape index (κ3) is 10.4. The number of aryl methyl sites for hydroxylation is 1. The average Bonchev–Trinajstić information content (AvgIpc) is 3.84. The first-order valence-corrected chi connectivity index (χ1v) is 17.1. The molecule has 1 amide bonds. The number of hydrogen-bond acceptors (Lipinski definition) is 10. The number of aromatic amines is 1. The molecule has 17 heteroatoms. The highest BCUT2D eigenvalue weighted by atomic mass is 127. The Balaban J connectivity index is 0.00000392. The van der Waals surface area contributed by atoms with Crippen LogP contribution < -0.4 is 33.9 Å². The van der Waals surface area contributed by atoms with Crippen LogP contribution in [0.2, 0.25) is 0 Å². The van der Waals surface area contributed by atoms with E-state index in [0.29, 0.717) is 33.1 Å². The predicted octanol–water partition coefficient (Wildman–Crippen LogP) is 3.18. The molecule has 54 heavy (non-hydrogen) atoms. The lowest BCUT2D eigenvalue weighted by Crippen LogP contribution is -3.00. The lowest BCUT2D eigenvalue weighted by Gasteiger charge is -2.39. The van der Waals surface area contributed by atoms with E-state index in [2.05, 4.69) is 21.6 Å². The Kier molecular flexibility index (Phi) is 16.0. The summed E-state index contributed by atoms with van der Waals surface area (Å²) >= 11 is 1.24. The van der Waals surface area contributed by atoms with Crippen molar-refractivity contribution >= 4 is 41.5 Å². The number of ether oxygens (including phenoxy) is 2. The highest BCUT2D eigenvalue weighted by Gasteiger charge is 2.50. The van der Waals surface area contributed by atoms with Gasteiger partial charge in [-0.1, -0.05) is 37.3 Å². The average molecular weight is 894 g/mol. The summed E-state index contributed by atoms with van der Waals surface area (Å²) in [7, 11) is 3.49. The van der Waals surface area contributed by atoms with E-state index in [1.165, 1.54) is 28.6 Å². The highest BCUT2D eigenvalue weighted by Crippen LogP contribution is 2.46. The fraction of sp³-hybridized carbons (Fsp3) is 0.297. The Morgan fingerprint density at radius 1 is 1.15 bits per heavy atom. The van der Waals surface area contributed by atoms with E-state index in [4.69, 9.17) is 14.5 Å². The zero-order valence-corrected chi connectivity index (χ0v) is 33.5. The Morgan fingerprint density at radius 2 is 1.89 bits per heavy atom. The maximum atomic E-state index is 15.7. The standard InChI is InChI=1S/C37H37F2N7O5S.ClH.HI/c1-23-6-5-7-27(19-51-33(47)18-45(3)4)34(23)44-36(48)50-15-14-32(46-21-41-42-22-46)37(49,29-16-28(38)12-13-30(29)39)24(2)35-43-31(20-52-35)26-10-8-25(17-40)9-11-26;;/h5-13,16,20-22,24,32,49H,14-15,18-19H2,1-4H3,(H,44,48);2*1H/t24-,32?,37+;;/m1../s1. The zero-order chi connectivity index (χ0) is 37.4. The van der Waals surface area contributed by atoms with Crippen LogP contribution in [0.15, 0.2) is 78.7 Å². The van der Waals surface area contributed by atoms with Gasteiger partial charge in [0.1, 0.15) is 29.9 Å². The number of carbonyl (C=O) groups is 2. The summed E-state index contributed by atoms with van der Waals surface area (Å²) in [4.78, 5) is 31.7. The van der Waals surface area contributed by atoms with Gasteiger partial charge in [0.2, 0.25) is 6.33 Å². The number of anilines is 1. The number of benzene rings is 3. The minimum Gasteiger partial charge on any atom is -1.00 e. The molecule has 5 aromatic rings. The molecule has 0 saturated heterocycles. The quantitative estimate of drug-likeness (QED) is 0.0867. The van der Waals surface area contributed by atoms with E-state index < -0.39 is 41.3 Å². The van der Waals surface area contributed by atoms with E-state index in [-0.39, 0.29) is 68.1 Å². The van der Waals surface area contributed by atoms with E-state index in [9.17, 15) is 24.3 Å². The number of nitriles is 1. The zero-order valence-electron chi connectivity index (χ0n) is 29.8. The van der Waals surface area contributed by atoms with Crippen molar-refractivity contribution < 1.29 is 61.5 Å². The van der Waals surface area contributed by atoms with Gasteiger partial charge >= 0.3 is 12.1 Å². The summed E-state index contributed by atoms with van der Waals surface area (Å²) in [5.41, 5.74) is 1.01. The van der Waals surface area contributed by atoms with Crippen LogP contribution in [0.3, 0.4) is 0 Å². The number of para-hydroxylation sites is 1. The molecule has 0 fully saturated rings. The monoisotopic (exact) mass is 893 g/mol. The number of esters is 1. The van der Waals surface area contributed by atoms with Gasteiger partial charge in [-0.15, -0.1) is 28.8 Å². The summed E-state index contributed by atoms with van der Waals surface area (Å²) in [6.07, 6.45) is 1.97. The smallest absolute Gasteiger partial charge is 0.411 e. The van der Waals surface area contributed by atoms with Crippen molar-refractivity contribution in [2.75, 3.05) is 32.6 Å². The van der Waals surface area contributed by atoms with E-state index in [0.717, 1.165) is 23.8 Å². The molecule has 0 radical (unpaired) electrons. The minimum atomic E-state index is -2.15. The molecule has 1 unspecified atom stereocenters. The second-order valence-electron chi connectivity index (χ2n) is 12.5. The third-order valence-corrected chi connectivity index (χ3v) is 9.63. The molecule has 0 bridgehead atoms. The lowest BCUT2D eigenvalue weighted by atomic mass is 9.75. The van der Waals surface area contributed by atoms with Crippen LogP contribution in [0.1, 0.15) is 52.6 Å². The van der Waals surface area contributed by atoms with Crippen LogP contribution in [0, 0.1) is 29.9 Å². The summed E-state index contributed by atoms with van der Waals surface area (Å²) in [6, 6.07) is 16.0. The van der Waals surface area contributed by atoms with Crippen molar-refractivity contribution in [3.8, 4) is 17.3 Å². The summed E-state index contributed by atoms with van der Waals surface area (Å²) in [5, 5.41) is 33.6. The first kappa shape index (κ1) is 43.9. The van der Waals surface area contributed by atoms with Crippen LogP contribution in [0.4, 0.5) is 19.3 Å². The number of nitrogens with one attached hydrogen (secondary N) is 2. The number of halogens is 4. The first-order valence-electron chi connectivity index (χ1n) is 16.3. The number of thiazole rings is 1. The summed E-state index contributed by atoms with van der Waals surface area (Å²) in [6.45, 7) is 3.22. The molecule has 0 spiro atoms. The van der Waals surface area contributed by atoms with Crippen LogP contribution >= 0.6 is 23.7 Å². The van der Waals surface area contributed by atoms with Crippen LogP contribution in [0.25, 0.3) is 11.3 Å². The number of aliphatic hydroxyl groups is 1. The fourth-order valence-electron chi connectivity index (χ4n) is 5.92. The molecule has 0 saturated carbocycles. The van der Waals surface area contributed by atoms with Gasteiger partial charge in [0.25, 0.3) is 6.33 Å². The second-order valence-corrected chi connectivity index (χ2v) is 13.3. The Bertz CT molecular complexity index is 2060. The number of carbonyl (C=O) groups excluding carboxylic acids is 2. The van der Waals surface area contributed by atoms with Gasteiger partial charge in [0.05, 0.1) is 41.2 Å². The minimum absolute atomic E-state index is 0. The van der Waals surface area contributed by atoms with E-state index >= 15 is 4.39 Å². The van der Waals surface area contributed by atoms with Gasteiger partial charge in [-0.05, 0) is 56.9 Å². The fourth-order valence-corrected chi connectivity index (χ4v) is 6.88. The number of nitrogens with zero attached hydrogens (tertiary/aromatic N) is 5. The second kappa shape index (κ2) is 19.7. The molecular weight excluding hydrogens is 855 g/mol. The molecule has 2 aromatic heterocycles. The summed E-state index contributed by atoms with van der Waals surface area (Å²) < 4.78 is 43.0. The van der Waals surface area contributed by atoms with Gasteiger partial charge in [-0.2, -0.15) is 5.26 Å². The molecule has 3 atom stereocenters. The molecule has 0 aliphatic carbocycles.